The Kier molecular flexibility index (Phi) is 4.50. The topological polar surface area (TPSA) is 30.7 Å². The second kappa shape index (κ2) is 6.55. The van der Waals surface area contributed by atoms with Gasteiger partial charge >= 0.3 is 0 Å². The number of hydrogen-bond donors (Lipinski definition) is 0. The molecule has 0 atom stereocenters. The van der Waals surface area contributed by atoms with Gasteiger partial charge in [0.1, 0.15) is 0 Å². The van der Waals surface area contributed by atoms with Crippen LogP contribution in [0.15, 0.2) is 53.7 Å². The molecule has 0 bridgehead atoms. The van der Waals surface area contributed by atoms with E-state index in [0.29, 0.717) is 5.02 Å². The first-order chi connectivity index (χ1) is 10.6. The Morgan fingerprint density at radius 3 is 2.68 bits per heavy atom. The molecule has 0 saturated carbocycles. The number of aromatic nitrogens is 3. The lowest BCUT2D eigenvalue weighted by atomic mass is 10.2. The van der Waals surface area contributed by atoms with Crippen molar-refractivity contribution < 1.29 is 0 Å². The first-order valence-electron chi connectivity index (χ1n) is 6.97. The van der Waals surface area contributed by atoms with Gasteiger partial charge in [-0.3, -0.25) is 0 Å². The second-order valence-electron chi connectivity index (χ2n) is 5.15. The van der Waals surface area contributed by atoms with Gasteiger partial charge in [-0.05, 0) is 24.6 Å². The highest BCUT2D eigenvalue weighted by atomic mass is 35.5. The van der Waals surface area contributed by atoms with E-state index >= 15 is 0 Å². The first-order valence-corrected chi connectivity index (χ1v) is 8.33. The molecule has 0 radical (unpaired) electrons. The van der Waals surface area contributed by atoms with Crippen LogP contribution < -0.4 is 0 Å². The van der Waals surface area contributed by atoms with E-state index in [1.807, 2.05) is 35.9 Å². The predicted octanol–water partition coefficient (Wildman–Crippen LogP) is 4.74. The number of halogens is 1. The summed E-state index contributed by atoms with van der Waals surface area (Å²) in [5, 5.41) is 10.2. The lowest BCUT2D eigenvalue weighted by Gasteiger charge is -2.05. The number of aryl methyl sites for hydroxylation is 1. The van der Waals surface area contributed by atoms with E-state index in [0.717, 1.165) is 22.3 Å². The summed E-state index contributed by atoms with van der Waals surface area (Å²) < 4.78 is 2.01. The maximum Gasteiger partial charge on any atom is 0.191 e. The van der Waals surface area contributed by atoms with Crippen LogP contribution >= 0.6 is 23.4 Å². The van der Waals surface area contributed by atoms with Crippen molar-refractivity contribution in [3.63, 3.8) is 0 Å². The molecular formula is C17H16ClN3S. The molecule has 0 spiro atoms. The highest BCUT2D eigenvalue weighted by Crippen LogP contribution is 2.26. The summed E-state index contributed by atoms with van der Waals surface area (Å²) in [6.07, 6.45) is 0. The molecule has 112 valence electrons. The minimum Gasteiger partial charge on any atom is -0.305 e. The lowest BCUT2D eigenvalue weighted by Crippen LogP contribution is -1.95. The number of hydrogen-bond acceptors (Lipinski definition) is 3. The van der Waals surface area contributed by atoms with Crippen LogP contribution in [0.5, 0.6) is 0 Å². The van der Waals surface area contributed by atoms with Gasteiger partial charge in [-0.2, -0.15) is 0 Å². The smallest absolute Gasteiger partial charge is 0.191 e. The highest BCUT2D eigenvalue weighted by molar-refractivity contribution is 7.98. The monoisotopic (exact) mass is 329 g/mol. The fourth-order valence-electron chi connectivity index (χ4n) is 2.27. The number of benzene rings is 2. The highest BCUT2D eigenvalue weighted by Gasteiger charge is 2.11. The van der Waals surface area contributed by atoms with E-state index < -0.39 is 0 Å². The van der Waals surface area contributed by atoms with Crippen molar-refractivity contribution in [3.8, 4) is 11.4 Å². The van der Waals surface area contributed by atoms with Crippen molar-refractivity contribution in [3.05, 3.63) is 64.7 Å². The Bertz CT molecular complexity index is 798. The Balaban J connectivity index is 1.79. The van der Waals surface area contributed by atoms with E-state index in [9.17, 15) is 0 Å². The van der Waals surface area contributed by atoms with Crippen LogP contribution in [0, 0.1) is 6.92 Å². The summed E-state index contributed by atoms with van der Waals surface area (Å²) in [5.74, 6) is 1.71. The zero-order valence-corrected chi connectivity index (χ0v) is 14.0. The maximum absolute atomic E-state index is 6.05. The van der Waals surface area contributed by atoms with Crippen LogP contribution in [0.3, 0.4) is 0 Å². The average Bonchev–Trinajstić information content (AvgIpc) is 2.86. The summed E-state index contributed by atoms with van der Waals surface area (Å²) in [5.41, 5.74) is 3.54. The minimum absolute atomic E-state index is 0.703. The largest absolute Gasteiger partial charge is 0.305 e. The first kappa shape index (κ1) is 15.1. The third-order valence-corrected chi connectivity index (χ3v) is 4.69. The standard InChI is InChI=1S/C17H16ClN3S/c1-12-5-3-6-13(9-12)11-22-17-20-19-16(21(17)2)14-7-4-8-15(18)10-14/h3-10H,11H2,1-2H3. The van der Waals surface area contributed by atoms with Gasteiger partial charge in [0.15, 0.2) is 11.0 Å². The van der Waals surface area contributed by atoms with Gasteiger partial charge in [0.05, 0.1) is 0 Å². The molecule has 0 aliphatic rings. The lowest BCUT2D eigenvalue weighted by molar-refractivity contribution is 0.794. The van der Waals surface area contributed by atoms with E-state index in [-0.39, 0.29) is 0 Å². The fourth-order valence-corrected chi connectivity index (χ4v) is 3.31. The molecule has 3 rings (SSSR count). The quantitative estimate of drug-likeness (QED) is 0.648. The van der Waals surface area contributed by atoms with Crippen molar-refractivity contribution in [2.45, 2.75) is 17.8 Å². The second-order valence-corrected chi connectivity index (χ2v) is 6.53. The molecule has 2 aromatic carbocycles. The van der Waals surface area contributed by atoms with Gasteiger partial charge in [-0.25, -0.2) is 0 Å². The van der Waals surface area contributed by atoms with Crippen molar-refractivity contribution in [1.82, 2.24) is 14.8 Å². The summed E-state index contributed by atoms with van der Waals surface area (Å²) >= 11 is 7.73. The summed E-state index contributed by atoms with van der Waals surface area (Å²) in [4.78, 5) is 0. The third-order valence-electron chi connectivity index (χ3n) is 3.37. The van der Waals surface area contributed by atoms with Gasteiger partial charge in [-0.1, -0.05) is 65.3 Å². The normalized spacial score (nSPS) is 10.9. The van der Waals surface area contributed by atoms with Crippen LogP contribution in [0.2, 0.25) is 5.02 Å². The SMILES string of the molecule is Cc1cccc(CSc2nnc(-c3cccc(Cl)c3)n2C)c1. The molecule has 3 aromatic rings. The summed E-state index contributed by atoms with van der Waals surface area (Å²) in [6, 6.07) is 16.2. The van der Waals surface area contributed by atoms with Crippen LogP contribution in [0.1, 0.15) is 11.1 Å². The zero-order chi connectivity index (χ0) is 15.5. The van der Waals surface area contributed by atoms with Gasteiger partial charge in [-0.15, -0.1) is 10.2 Å². The minimum atomic E-state index is 0.703. The molecule has 1 aromatic heterocycles. The molecule has 0 aliphatic heterocycles. The predicted molar refractivity (Wildman–Crippen MR) is 92.2 cm³/mol. The molecular weight excluding hydrogens is 314 g/mol. The number of thioether (sulfide) groups is 1. The van der Waals surface area contributed by atoms with Gasteiger partial charge in [0, 0.05) is 23.4 Å². The Labute approximate surface area is 139 Å². The van der Waals surface area contributed by atoms with Gasteiger partial charge < -0.3 is 4.57 Å². The van der Waals surface area contributed by atoms with Crippen molar-refractivity contribution in [1.29, 1.82) is 0 Å². The molecule has 0 amide bonds. The van der Waals surface area contributed by atoms with Crippen molar-refractivity contribution >= 4 is 23.4 Å². The van der Waals surface area contributed by atoms with Crippen LogP contribution in [0.25, 0.3) is 11.4 Å². The van der Waals surface area contributed by atoms with Crippen LogP contribution in [-0.4, -0.2) is 14.8 Å². The van der Waals surface area contributed by atoms with Crippen molar-refractivity contribution in [2.75, 3.05) is 0 Å². The maximum atomic E-state index is 6.05. The number of nitrogens with zero attached hydrogens (tertiary/aromatic N) is 3. The summed E-state index contributed by atoms with van der Waals surface area (Å²) in [7, 11) is 1.98. The zero-order valence-electron chi connectivity index (χ0n) is 12.5. The Hall–Kier alpha value is -1.78. The Morgan fingerprint density at radius 1 is 1.09 bits per heavy atom. The Morgan fingerprint density at radius 2 is 1.91 bits per heavy atom. The summed E-state index contributed by atoms with van der Waals surface area (Å²) in [6.45, 7) is 2.10. The molecule has 0 N–H and O–H groups in total. The van der Waals surface area contributed by atoms with E-state index in [2.05, 4.69) is 41.4 Å². The van der Waals surface area contributed by atoms with E-state index in [1.165, 1.54) is 11.1 Å². The molecule has 0 fully saturated rings. The molecule has 0 saturated heterocycles. The molecule has 3 nitrogen and oxygen atoms in total. The van der Waals surface area contributed by atoms with Crippen molar-refractivity contribution in [2.24, 2.45) is 7.05 Å². The van der Waals surface area contributed by atoms with Gasteiger partial charge in [0.25, 0.3) is 0 Å². The molecule has 5 heteroatoms. The number of rotatable bonds is 4. The van der Waals surface area contributed by atoms with Crippen LogP contribution in [-0.2, 0) is 12.8 Å². The molecule has 0 unspecified atom stereocenters. The average molecular weight is 330 g/mol. The van der Waals surface area contributed by atoms with E-state index in [4.69, 9.17) is 11.6 Å². The molecule has 22 heavy (non-hydrogen) atoms. The molecule has 0 aliphatic carbocycles. The third kappa shape index (κ3) is 3.34. The fraction of sp³-hybridized carbons (Fsp3) is 0.176. The van der Waals surface area contributed by atoms with E-state index in [1.54, 1.807) is 11.8 Å². The van der Waals surface area contributed by atoms with Crippen LogP contribution in [0.4, 0.5) is 0 Å². The van der Waals surface area contributed by atoms with Gasteiger partial charge in [0.2, 0.25) is 0 Å². The molecule has 1 heterocycles.